The van der Waals surface area contributed by atoms with Crippen LogP contribution in [0.25, 0.3) is 10.4 Å². The van der Waals surface area contributed by atoms with E-state index in [1.165, 1.54) is 37.8 Å². The first-order valence-corrected chi connectivity index (χ1v) is 16.0. The van der Waals surface area contributed by atoms with Crippen molar-refractivity contribution in [3.05, 3.63) is 72.4 Å². The Morgan fingerprint density at radius 2 is 1.71 bits per heavy atom. The van der Waals surface area contributed by atoms with E-state index in [1.54, 1.807) is 11.3 Å². The topological polar surface area (TPSA) is 68.5 Å². The molecule has 8 heteroatoms. The molecule has 1 atom stereocenters. The van der Waals surface area contributed by atoms with Crippen LogP contribution in [-0.4, -0.2) is 65.1 Å². The molecule has 1 N–H and O–H groups in total. The quantitative estimate of drug-likeness (QED) is 0.282. The lowest BCUT2D eigenvalue weighted by molar-refractivity contribution is 0.177. The Balaban J connectivity index is 1.35. The van der Waals surface area contributed by atoms with Gasteiger partial charge >= 0.3 is 0 Å². The van der Waals surface area contributed by atoms with Crippen LogP contribution in [0.3, 0.4) is 0 Å². The zero-order valence-corrected chi connectivity index (χ0v) is 25.3. The predicted octanol–water partition coefficient (Wildman–Crippen LogP) is 7.01. The molecule has 0 aliphatic carbocycles. The number of piperazine rings is 1. The molecule has 0 bridgehead atoms. The molecule has 2 aromatic carbocycles. The highest BCUT2D eigenvalue weighted by atomic mass is 32.1. The van der Waals surface area contributed by atoms with E-state index in [2.05, 4.69) is 82.5 Å². The van der Waals surface area contributed by atoms with Crippen molar-refractivity contribution in [2.75, 3.05) is 32.7 Å². The van der Waals surface area contributed by atoms with Crippen LogP contribution in [0.4, 0.5) is 5.13 Å². The molecule has 216 valence electrons. The summed E-state index contributed by atoms with van der Waals surface area (Å²) in [5.41, 5.74) is 2.34. The Labute approximate surface area is 249 Å². The maximum Gasteiger partial charge on any atom is 0.232 e. The van der Waals surface area contributed by atoms with E-state index < -0.39 is 0 Å². The minimum atomic E-state index is 0.269. The number of amidine groups is 2. The first-order valence-electron chi connectivity index (χ1n) is 15.2. The van der Waals surface area contributed by atoms with E-state index >= 15 is 0 Å². The van der Waals surface area contributed by atoms with Gasteiger partial charge in [0.1, 0.15) is 11.7 Å². The number of aliphatic imine (C=N–C) groups is 3. The largest absolute Gasteiger partial charge is 0.357 e. The fraction of sp³-hybridized carbons (Fsp3) is 0.455. The molecule has 0 radical (unpaired) electrons. The Kier molecular flexibility index (Phi) is 10.7. The summed E-state index contributed by atoms with van der Waals surface area (Å²) < 4.78 is 0. The molecule has 41 heavy (non-hydrogen) atoms. The van der Waals surface area contributed by atoms with Crippen LogP contribution in [0.2, 0.25) is 0 Å². The first kappa shape index (κ1) is 29.1. The molecule has 0 saturated carbocycles. The molecule has 3 aromatic rings. The number of aromatic nitrogens is 1. The van der Waals surface area contributed by atoms with Crippen LogP contribution < -0.4 is 5.32 Å². The van der Waals surface area contributed by atoms with E-state index in [1.807, 2.05) is 18.3 Å². The number of hydrogen-bond donors (Lipinski definition) is 1. The lowest BCUT2D eigenvalue weighted by atomic mass is 10.0. The van der Waals surface area contributed by atoms with Crippen molar-refractivity contribution in [3.8, 4) is 10.4 Å². The van der Waals surface area contributed by atoms with Crippen molar-refractivity contribution in [1.29, 1.82) is 0 Å². The second-order valence-electron chi connectivity index (χ2n) is 11.0. The second-order valence-corrected chi connectivity index (χ2v) is 12.0. The number of nitrogens with zero attached hydrogens (tertiary/aromatic N) is 6. The molecular weight excluding hydrogens is 526 g/mol. The number of guanidine groups is 1. The van der Waals surface area contributed by atoms with Gasteiger partial charge in [-0.1, -0.05) is 105 Å². The maximum absolute atomic E-state index is 5.14. The Hall–Kier alpha value is -3.36. The third-order valence-electron chi connectivity index (χ3n) is 7.84. The van der Waals surface area contributed by atoms with Gasteiger partial charge in [-0.15, -0.1) is 0 Å². The van der Waals surface area contributed by atoms with E-state index in [0.717, 1.165) is 61.1 Å². The first-order chi connectivity index (χ1) is 20.2. The lowest BCUT2D eigenvalue weighted by Gasteiger charge is -2.37. The molecule has 5 rings (SSSR count). The zero-order valence-electron chi connectivity index (χ0n) is 24.5. The van der Waals surface area contributed by atoms with Crippen molar-refractivity contribution in [2.45, 2.75) is 58.9 Å². The van der Waals surface area contributed by atoms with E-state index in [9.17, 15) is 0 Å². The molecule has 2 aliphatic rings. The van der Waals surface area contributed by atoms with E-state index in [0.29, 0.717) is 17.6 Å². The van der Waals surface area contributed by atoms with E-state index in [-0.39, 0.29) is 5.92 Å². The van der Waals surface area contributed by atoms with Crippen LogP contribution in [0.5, 0.6) is 0 Å². The van der Waals surface area contributed by atoms with Gasteiger partial charge in [0.15, 0.2) is 0 Å². The fourth-order valence-corrected chi connectivity index (χ4v) is 6.09. The molecule has 3 heterocycles. The van der Waals surface area contributed by atoms with Crippen molar-refractivity contribution in [3.63, 3.8) is 0 Å². The number of hydrogen-bond acceptors (Lipinski definition) is 6. The Morgan fingerprint density at radius 3 is 2.46 bits per heavy atom. The van der Waals surface area contributed by atoms with Gasteiger partial charge in [0.05, 0.1) is 11.4 Å². The van der Waals surface area contributed by atoms with Crippen molar-refractivity contribution in [1.82, 2.24) is 20.1 Å². The summed E-state index contributed by atoms with van der Waals surface area (Å²) in [4.78, 5) is 25.9. The molecule has 7 nitrogen and oxygen atoms in total. The smallest absolute Gasteiger partial charge is 0.232 e. The van der Waals surface area contributed by atoms with Crippen LogP contribution in [0.1, 0.15) is 57.9 Å². The molecule has 1 saturated heterocycles. The summed E-state index contributed by atoms with van der Waals surface area (Å²) >= 11 is 1.58. The predicted molar refractivity (Wildman–Crippen MR) is 173 cm³/mol. The van der Waals surface area contributed by atoms with Crippen molar-refractivity contribution >= 4 is 34.1 Å². The fourth-order valence-electron chi connectivity index (χ4n) is 5.30. The van der Waals surface area contributed by atoms with Gasteiger partial charge in [-0.3, -0.25) is 9.89 Å². The molecule has 0 amide bonds. The van der Waals surface area contributed by atoms with Crippen LogP contribution in [-0.2, 0) is 6.54 Å². The third kappa shape index (κ3) is 8.57. The van der Waals surface area contributed by atoms with Crippen molar-refractivity contribution in [2.24, 2.45) is 20.9 Å². The summed E-state index contributed by atoms with van der Waals surface area (Å²) in [6.45, 7) is 10.6. The van der Waals surface area contributed by atoms with Gasteiger partial charge in [0, 0.05) is 44.7 Å². The number of unbranched alkanes of at least 4 members (excludes halogenated alkanes) is 3. The van der Waals surface area contributed by atoms with Gasteiger partial charge < -0.3 is 10.2 Å². The van der Waals surface area contributed by atoms with Crippen LogP contribution >= 0.6 is 11.3 Å². The summed E-state index contributed by atoms with van der Waals surface area (Å²) in [7, 11) is 0. The standard InChI is InChI=1S/C33H43N7S/c1-3-4-5-12-19-39-20-22-40(23-21-39)30-18-17-26(2)31(34-24-27-13-8-6-9-14-27)37-32(36-30)38-33-35-25-29(41-33)28-15-10-7-11-16-28/h6-11,13-16,25-26H,3-5,12,17-24H2,1-2H3,(H,34,35,37,38). The number of thiazole rings is 1. The molecule has 0 spiro atoms. The van der Waals surface area contributed by atoms with Crippen LogP contribution in [0, 0.1) is 5.92 Å². The van der Waals surface area contributed by atoms with Gasteiger partial charge in [-0.2, -0.15) is 9.98 Å². The second kappa shape index (κ2) is 15.0. The maximum atomic E-state index is 5.14. The zero-order chi connectivity index (χ0) is 28.3. The summed E-state index contributed by atoms with van der Waals surface area (Å²) in [6, 6.07) is 20.7. The monoisotopic (exact) mass is 569 g/mol. The molecule has 2 aliphatic heterocycles. The highest BCUT2D eigenvalue weighted by Crippen LogP contribution is 2.30. The lowest BCUT2D eigenvalue weighted by Crippen LogP contribution is -2.50. The van der Waals surface area contributed by atoms with Gasteiger partial charge in [-0.25, -0.2) is 4.98 Å². The third-order valence-corrected chi connectivity index (χ3v) is 8.78. The highest BCUT2D eigenvalue weighted by Gasteiger charge is 2.24. The van der Waals surface area contributed by atoms with Crippen molar-refractivity contribution < 1.29 is 0 Å². The molecule has 1 fully saturated rings. The minimum Gasteiger partial charge on any atom is -0.357 e. The molecular formula is C33H43N7S. The van der Waals surface area contributed by atoms with Gasteiger partial charge in [-0.05, 0) is 30.5 Å². The molecule has 1 aromatic heterocycles. The minimum absolute atomic E-state index is 0.269. The average molecular weight is 570 g/mol. The normalized spacial score (nSPS) is 20.5. The molecule has 1 unspecified atom stereocenters. The SMILES string of the molecule is CCCCCCN1CCN(C2=NC(=Nc3ncc(-c4ccccc4)s3)NC(=NCc3ccccc3)C(C)CC2)CC1. The number of benzene rings is 2. The summed E-state index contributed by atoms with van der Waals surface area (Å²) in [6.07, 6.45) is 9.08. The van der Waals surface area contributed by atoms with E-state index in [4.69, 9.17) is 15.0 Å². The van der Waals surface area contributed by atoms with Gasteiger partial charge in [0.25, 0.3) is 0 Å². The Bertz CT molecular complexity index is 1310. The number of nitrogens with one attached hydrogen (secondary N) is 1. The van der Waals surface area contributed by atoms with Crippen LogP contribution in [0.15, 0.2) is 81.8 Å². The summed E-state index contributed by atoms with van der Waals surface area (Å²) in [5, 5.41) is 4.23. The highest BCUT2D eigenvalue weighted by molar-refractivity contribution is 7.18. The number of rotatable bonds is 9. The Morgan fingerprint density at radius 1 is 0.951 bits per heavy atom. The average Bonchev–Trinajstić information content (AvgIpc) is 3.48. The van der Waals surface area contributed by atoms with Gasteiger partial charge in [0.2, 0.25) is 11.1 Å². The summed E-state index contributed by atoms with van der Waals surface area (Å²) in [5.74, 6) is 2.91.